The lowest BCUT2D eigenvalue weighted by Gasteiger charge is -2.38. The number of anilines is 1. The Kier molecular flexibility index (Phi) is 4.12. The fourth-order valence-corrected chi connectivity index (χ4v) is 3.18. The van der Waals surface area contributed by atoms with Crippen molar-refractivity contribution < 1.29 is 23.8 Å². The second-order valence-electron chi connectivity index (χ2n) is 6.03. The summed E-state index contributed by atoms with van der Waals surface area (Å²) in [5.41, 5.74) is 2.19. The molecule has 2 heterocycles. The Hall–Kier alpha value is -3.22. The zero-order valence-corrected chi connectivity index (χ0v) is 14.2. The minimum atomic E-state index is -0.420. The lowest BCUT2D eigenvalue weighted by molar-refractivity contribution is -0.140. The first-order valence-electron chi connectivity index (χ1n) is 8.30. The number of carbonyl (C=O) groups is 2. The Balaban J connectivity index is 1.69. The lowest BCUT2D eigenvalue weighted by Crippen LogP contribution is -2.44. The number of nitrogens with zero attached hydrogens (tertiary/aromatic N) is 1. The van der Waals surface area contributed by atoms with Crippen molar-refractivity contribution in [3.05, 3.63) is 53.6 Å². The Bertz CT molecular complexity index is 867. The van der Waals surface area contributed by atoms with Gasteiger partial charge in [-0.2, -0.15) is 0 Å². The van der Waals surface area contributed by atoms with Gasteiger partial charge in [-0.3, -0.25) is 9.59 Å². The zero-order valence-electron chi connectivity index (χ0n) is 14.2. The van der Waals surface area contributed by atoms with Crippen LogP contribution in [0, 0.1) is 0 Å². The highest BCUT2D eigenvalue weighted by Gasteiger charge is 2.33. The number of rotatable bonds is 4. The van der Waals surface area contributed by atoms with Crippen LogP contribution in [0.1, 0.15) is 28.5 Å². The molecule has 1 unspecified atom stereocenters. The number of para-hydroxylation sites is 1. The number of nitrogens with one attached hydrogen (secondary N) is 1. The summed E-state index contributed by atoms with van der Waals surface area (Å²) >= 11 is 0. The second kappa shape index (κ2) is 6.59. The van der Waals surface area contributed by atoms with Crippen LogP contribution in [0.25, 0.3) is 0 Å². The summed E-state index contributed by atoms with van der Waals surface area (Å²) in [6, 6.07) is 12.9. The Labute approximate surface area is 150 Å². The molecule has 0 bridgehead atoms. The predicted octanol–water partition coefficient (Wildman–Crippen LogP) is 2.54. The van der Waals surface area contributed by atoms with E-state index in [0.29, 0.717) is 17.1 Å². The van der Waals surface area contributed by atoms with Gasteiger partial charge in [0.1, 0.15) is 6.17 Å². The molecule has 7 nitrogen and oxygen atoms in total. The first-order chi connectivity index (χ1) is 12.7. The number of ether oxygens (including phenoxy) is 3. The van der Waals surface area contributed by atoms with Crippen LogP contribution in [0.2, 0.25) is 0 Å². The average molecular weight is 354 g/mol. The minimum absolute atomic E-state index is 0.118. The van der Waals surface area contributed by atoms with Gasteiger partial charge < -0.3 is 24.4 Å². The van der Waals surface area contributed by atoms with E-state index in [1.807, 2.05) is 36.4 Å². The molecule has 2 aliphatic heterocycles. The van der Waals surface area contributed by atoms with E-state index >= 15 is 0 Å². The molecule has 7 heteroatoms. The number of carbonyl (C=O) groups excluding carboxylic acids is 2. The smallest absolute Gasteiger partial charge is 0.307 e. The van der Waals surface area contributed by atoms with E-state index in [-0.39, 0.29) is 31.6 Å². The van der Waals surface area contributed by atoms with Gasteiger partial charge in [-0.25, -0.2) is 0 Å². The highest BCUT2D eigenvalue weighted by Crippen LogP contribution is 2.38. The van der Waals surface area contributed by atoms with Crippen molar-refractivity contribution in [2.75, 3.05) is 25.8 Å². The zero-order chi connectivity index (χ0) is 18.1. The molecular weight excluding hydrogens is 336 g/mol. The van der Waals surface area contributed by atoms with Crippen LogP contribution in [-0.4, -0.2) is 37.2 Å². The fraction of sp³-hybridized carbons (Fsp3) is 0.263. The van der Waals surface area contributed by atoms with Crippen molar-refractivity contribution in [1.82, 2.24) is 4.90 Å². The van der Waals surface area contributed by atoms with Crippen molar-refractivity contribution in [3.8, 4) is 11.5 Å². The molecule has 0 aliphatic carbocycles. The molecule has 0 aromatic heterocycles. The van der Waals surface area contributed by atoms with Gasteiger partial charge in [-0.15, -0.1) is 0 Å². The molecule has 0 radical (unpaired) electrons. The van der Waals surface area contributed by atoms with Crippen molar-refractivity contribution in [3.63, 3.8) is 0 Å². The van der Waals surface area contributed by atoms with Gasteiger partial charge in [0, 0.05) is 12.2 Å². The molecule has 1 amide bonds. The maximum Gasteiger partial charge on any atom is 0.307 e. The average Bonchev–Trinajstić information content (AvgIpc) is 3.14. The molecule has 1 atom stereocenters. The summed E-state index contributed by atoms with van der Waals surface area (Å²) < 4.78 is 15.5. The van der Waals surface area contributed by atoms with Crippen LogP contribution in [0.3, 0.4) is 0 Å². The van der Waals surface area contributed by atoms with E-state index in [9.17, 15) is 9.59 Å². The number of hydrogen-bond donors (Lipinski definition) is 1. The van der Waals surface area contributed by atoms with Gasteiger partial charge in [0.25, 0.3) is 5.91 Å². The molecule has 0 saturated carbocycles. The summed E-state index contributed by atoms with van der Waals surface area (Å²) in [4.78, 5) is 26.2. The monoisotopic (exact) mass is 354 g/mol. The van der Waals surface area contributed by atoms with Crippen LogP contribution >= 0.6 is 0 Å². The highest BCUT2D eigenvalue weighted by atomic mass is 16.7. The van der Waals surface area contributed by atoms with Crippen LogP contribution in [0.15, 0.2) is 42.5 Å². The van der Waals surface area contributed by atoms with Crippen molar-refractivity contribution >= 4 is 17.6 Å². The van der Waals surface area contributed by atoms with E-state index in [4.69, 9.17) is 14.2 Å². The van der Waals surface area contributed by atoms with E-state index in [0.717, 1.165) is 11.3 Å². The minimum Gasteiger partial charge on any atom is -0.469 e. The maximum absolute atomic E-state index is 13.0. The first-order valence-corrected chi connectivity index (χ1v) is 8.30. The van der Waals surface area contributed by atoms with Crippen LogP contribution < -0.4 is 14.8 Å². The van der Waals surface area contributed by atoms with Crippen LogP contribution in [0.5, 0.6) is 11.5 Å². The van der Waals surface area contributed by atoms with Gasteiger partial charge in [-0.1, -0.05) is 18.2 Å². The predicted molar refractivity (Wildman–Crippen MR) is 93.0 cm³/mol. The van der Waals surface area contributed by atoms with E-state index in [1.54, 1.807) is 11.0 Å². The topological polar surface area (TPSA) is 77.1 Å². The molecule has 1 N–H and O–H groups in total. The van der Waals surface area contributed by atoms with Crippen molar-refractivity contribution in [1.29, 1.82) is 0 Å². The number of benzene rings is 2. The molecule has 26 heavy (non-hydrogen) atoms. The van der Waals surface area contributed by atoms with Crippen LogP contribution in [-0.2, 0) is 9.53 Å². The number of fused-ring (bicyclic) bond motifs is 2. The summed E-state index contributed by atoms with van der Waals surface area (Å²) in [6.07, 6.45) is -0.302. The quantitative estimate of drug-likeness (QED) is 0.851. The third-order valence-electron chi connectivity index (χ3n) is 4.52. The lowest BCUT2D eigenvalue weighted by atomic mass is 10.0. The van der Waals surface area contributed by atoms with Gasteiger partial charge in [0.2, 0.25) is 6.79 Å². The molecule has 0 spiro atoms. The Morgan fingerprint density at radius 2 is 2.04 bits per heavy atom. The summed E-state index contributed by atoms with van der Waals surface area (Å²) in [6.45, 7) is 0.427. The molecule has 2 aromatic carbocycles. The maximum atomic E-state index is 13.0. The van der Waals surface area contributed by atoms with E-state index in [2.05, 4.69) is 5.32 Å². The van der Waals surface area contributed by atoms with Gasteiger partial charge >= 0.3 is 5.97 Å². The van der Waals surface area contributed by atoms with Gasteiger partial charge in [0.15, 0.2) is 11.5 Å². The molecule has 2 aromatic rings. The largest absolute Gasteiger partial charge is 0.469 e. The number of amides is 1. The molecule has 134 valence electrons. The first kappa shape index (κ1) is 16.3. The number of esters is 1. The third-order valence-corrected chi connectivity index (χ3v) is 4.52. The normalized spacial score (nSPS) is 17.5. The standard InChI is InChI=1S/C19H18N2O5/c1-24-17(22)8-9-21-18(12-6-7-15-16(10-12)26-11-25-15)20-14-5-3-2-4-13(14)19(21)23/h2-7,10,18,20H,8-9,11H2,1H3. The van der Waals surface area contributed by atoms with E-state index in [1.165, 1.54) is 7.11 Å². The summed E-state index contributed by atoms with van der Waals surface area (Å²) in [7, 11) is 1.34. The summed E-state index contributed by atoms with van der Waals surface area (Å²) in [5.74, 6) is 0.827. The van der Waals surface area contributed by atoms with Gasteiger partial charge in [-0.05, 0) is 29.8 Å². The SMILES string of the molecule is COC(=O)CCN1C(=O)c2ccccc2NC1c1ccc2c(c1)OCO2. The van der Waals surface area contributed by atoms with Crippen LogP contribution in [0.4, 0.5) is 5.69 Å². The molecule has 0 fully saturated rings. The Morgan fingerprint density at radius 3 is 2.88 bits per heavy atom. The third kappa shape index (κ3) is 2.81. The summed E-state index contributed by atoms with van der Waals surface area (Å²) in [5, 5.41) is 3.38. The molecule has 2 aliphatic rings. The van der Waals surface area contributed by atoms with E-state index < -0.39 is 6.17 Å². The molecule has 0 saturated heterocycles. The van der Waals surface area contributed by atoms with Crippen molar-refractivity contribution in [2.24, 2.45) is 0 Å². The Morgan fingerprint density at radius 1 is 1.23 bits per heavy atom. The second-order valence-corrected chi connectivity index (χ2v) is 6.03. The fourth-order valence-electron chi connectivity index (χ4n) is 3.18. The number of methoxy groups -OCH3 is 1. The number of hydrogen-bond acceptors (Lipinski definition) is 6. The van der Waals surface area contributed by atoms with Gasteiger partial charge in [0.05, 0.1) is 19.1 Å². The molecule has 4 rings (SSSR count). The van der Waals surface area contributed by atoms with Crippen molar-refractivity contribution in [2.45, 2.75) is 12.6 Å². The highest BCUT2D eigenvalue weighted by molar-refractivity contribution is 6.01. The molecular formula is C19H18N2O5.